The largest absolute Gasteiger partial charge is 0.334 e. The van der Waals surface area contributed by atoms with Crippen molar-refractivity contribution >= 4 is 16.9 Å². The molecule has 34 heavy (non-hydrogen) atoms. The van der Waals surface area contributed by atoms with E-state index < -0.39 is 6.04 Å². The Morgan fingerprint density at radius 3 is 2.44 bits per heavy atom. The molecule has 0 aliphatic heterocycles. The fourth-order valence-electron chi connectivity index (χ4n) is 4.33. The van der Waals surface area contributed by atoms with Crippen molar-refractivity contribution in [1.29, 1.82) is 0 Å². The van der Waals surface area contributed by atoms with Crippen molar-refractivity contribution in [2.24, 2.45) is 0 Å². The van der Waals surface area contributed by atoms with Crippen molar-refractivity contribution in [3.63, 3.8) is 0 Å². The number of para-hydroxylation sites is 1. The van der Waals surface area contributed by atoms with E-state index in [2.05, 4.69) is 11.4 Å². The summed E-state index contributed by atoms with van der Waals surface area (Å²) in [7, 11) is 1.75. The molecule has 4 aromatic rings. The Bertz CT molecular complexity index is 1380. The molecule has 4 rings (SSSR count). The van der Waals surface area contributed by atoms with Gasteiger partial charge in [-0.25, -0.2) is 9.78 Å². The Labute approximate surface area is 199 Å². The van der Waals surface area contributed by atoms with Crippen LogP contribution in [0.3, 0.4) is 0 Å². The molecule has 6 nitrogen and oxygen atoms in total. The summed E-state index contributed by atoms with van der Waals surface area (Å²) >= 11 is 0. The van der Waals surface area contributed by atoms with Crippen molar-refractivity contribution in [3.05, 3.63) is 106 Å². The molecule has 0 fully saturated rings. The monoisotopic (exact) mass is 454 g/mol. The van der Waals surface area contributed by atoms with Gasteiger partial charge in [0.05, 0.1) is 22.6 Å². The van der Waals surface area contributed by atoms with Gasteiger partial charge in [0.2, 0.25) is 0 Å². The van der Waals surface area contributed by atoms with E-state index in [4.69, 9.17) is 4.98 Å². The van der Waals surface area contributed by atoms with Crippen molar-refractivity contribution < 1.29 is 4.79 Å². The molecule has 1 N–H and O–H groups in total. The number of nitrogens with zero attached hydrogens (tertiary/aromatic N) is 3. The van der Waals surface area contributed by atoms with Crippen molar-refractivity contribution in [2.75, 3.05) is 7.05 Å². The molecule has 1 aromatic heterocycles. The normalized spacial score (nSPS) is 11.9. The molecule has 174 valence electrons. The number of urea groups is 1. The first-order valence-electron chi connectivity index (χ1n) is 11.5. The Morgan fingerprint density at radius 2 is 1.74 bits per heavy atom. The van der Waals surface area contributed by atoms with Gasteiger partial charge in [-0.05, 0) is 49.6 Å². The van der Waals surface area contributed by atoms with Crippen LogP contribution in [0.1, 0.15) is 41.9 Å². The van der Waals surface area contributed by atoms with Crippen molar-refractivity contribution in [2.45, 2.75) is 39.8 Å². The minimum Gasteiger partial charge on any atom is -0.334 e. The molecule has 1 atom stereocenters. The zero-order valence-corrected chi connectivity index (χ0v) is 20.1. The minimum absolute atomic E-state index is 0.135. The molecule has 0 bridgehead atoms. The fourth-order valence-corrected chi connectivity index (χ4v) is 4.33. The highest BCUT2D eigenvalue weighted by Crippen LogP contribution is 2.26. The van der Waals surface area contributed by atoms with E-state index in [-0.39, 0.29) is 11.6 Å². The highest BCUT2D eigenvalue weighted by Gasteiger charge is 2.27. The van der Waals surface area contributed by atoms with Crippen LogP contribution in [-0.2, 0) is 6.54 Å². The summed E-state index contributed by atoms with van der Waals surface area (Å²) in [4.78, 5) is 33.4. The van der Waals surface area contributed by atoms with Crippen LogP contribution in [0.25, 0.3) is 16.6 Å². The van der Waals surface area contributed by atoms with Crippen molar-refractivity contribution in [1.82, 2.24) is 19.8 Å². The number of amides is 2. The summed E-state index contributed by atoms with van der Waals surface area (Å²) in [5.74, 6) is 0.551. The Kier molecular flexibility index (Phi) is 6.77. The van der Waals surface area contributed by atoms with E-state index >= 15 is 0 Å². The van der Waals surface area contributed by atoms with Crippen LogP contribution in [0.4, 0.5) is 4.79 Å². The molecule has 1 unspecified atom stereocenters. The molecule has 0 saturated carbocycles. The molecule has 6 heteroatoms. The number of carbonyl (C=O) groups is 1. The molecule has 0 saturated heterocycles. The zero-order valence-electron chi connectivity index (χ0n) is 20.1. The van der Waals surface area contributed by atoms with E-state index in [0.717, 1.165) is 22.4 Å². The molecular weight excluding hydrogens is 424 g/mol. The average molecular weight is 455 g/mol. The number of benzene rings is 3. The van der Waals surface area contributed by atoms with Crippen LogP contribution in [0, 0.1) is 13.8 Å². The first-order chi connectivity index (χ1) is 16.4. The predicted molar refractivity (Wildman–Crippen MR) is 136 cm³/mol. The molecule has 3 aromatic carbocycles. The van der Waals surface area contributed by atoms with Gasteiger partial charge in [0.25, 0.3) is 5.56 Å². The summed E-state index contributed by atoms with van der Waals surface area (Å²) < 4.78 is 1.67. The van der Waals surface area contributed by atoms with E-state index in [1.807, 2.05) is 81.4 Å². The second-order valence-electron chi connectivity index (χ2n) is 8.60. The van der Waals surface area contributed by atoms with E-state index in [0.29, 0.717) is 29.7 Å². The van der Waals surface area contributed by atoms with Gasteiger partial charge in [-0.15, -0.1) is 0 Å². The predicted octanol–water partition coefficient (Wildman–Crippen LogP) is 5.30. The number of hydrogen-bond donors (Lipinski definition) is 1. The maximum absolute atomic E-state index is 13.7. The molecular formula is C28H30N4O2. The van der Waals surface area contributed by atoms with Gasteiger partial charge in [0.15, 0.2) is 0 Å². The van der Waals surface area contributed by atoms with Gasteiger partial charge >= 0.3 is 6.03 Å². The first-order valence-corrected chi connectivity index (χ1v) is 11.5. The minimum atomic E-state index is -0.395. The average Bonchev–Trinajstić information content (AvgIpc) is 2.84. The van der Waals surface area contributed by atoms with Crippen LogP contribution in [0.5, 0.6) is 0 Å². The highest BCUT2D eigenvalue weighted by molar-refractivity contribution is 5.78. The Hall–Kier alpha value is -3.93. The van der Waals surface area contributed by atoms with Crippen LogP contribution in [0.15, 0.2) is 77.6 Å². The number of fused-ring (bicyclic) bond motifs is 1. The van der Waals surface area contributed by atoms with E-state index in [1.165, 1.54) is 0 Å². The Balaban J connectivity index is 1.79. The Morgan fingerprint density at radius 1 is 1.03 bits per heavy atom. The lowest BCUT2D eigenvalue weighted by Gasteiger charge is -2.29. The zero-order chi connectivity index (χ0) is 24.2. The highest BCUT2D eigenvalue weighted by atomic mass is 16.2. The van der Waals surface area contributed by atoms with Gasteiger partial charge in [-0.2, -0.15) is 0 Å². The van der Waals surface area contributed by atoms with Crippen molar-refractivity contribution in [3.8, 4) is 5.69 Å². The van der Waals surface area contributed by atoms with Gasteiger partial charge < -0.3 is 10.2 Å². The third-order valence-corrected chi connectivity index (χ3v) is 6.15. The lowest BCUT2D eigenvalue weighted by molar-refractivity contribution is 0.185. The fraction of sp³-hybridized carbons (Fsp3) is 0.250. The lowest BCUT2D eigenvalue weighted by Crippen LogP contribution is -2.41. The second-order valence-corrected chi connectivity index (χ2v) is 8.60. The number of carbonyl (C=O) groups excluding carboxylic acids is 1. The first kappa shape index (κ1) is 23.2. The summed E-state index contributed by atoms with van der Waals surface area (Å²) in [5, 5.41) is 3.54. The molecule has 0 aliphatic carbocycles. The topological polar surface area (TPSA) is 67.2 Å². The number of aromatic nitrogens is 2. The standard InChI is InChI=1S/C28H30N4O2/c1-5-24(31(4)28(34)29-18-21-11-7-6-8-12-21)26-30-23-14-10-9-13-22(23)27(33)32(26)25-16-15-19(2)17-20(25)3/h6-17,24H,5,18H2,1-4H3,(H,29,34). The molecule has 0 radical (unpaired) electrons. The third-order valence-electron chi connectivity index (χ3n) is 6.15. The molecule has 0 spiro atoms. The quantitative estimate of drug-likeness (QED) is 0.430. The number of aryl methyl sites for hydroxylation is 2. The van der Waals surface area contributed by atoms with E-state index in [9.17, 15) is 9.59 Å². The summed E-state index contributed by atoms with van der Waals surface area (Å²) in [6.45, 7) is 6.44. The van der Waals surface area contributed by atoms with Gasteiger partial charge in [0, 0.05) is 13.6 Å². The summed E-state index contributed by atoms with van der Waals surface area (Å²) in [6, 6.07) is 22.5. The smallest absolute Gasteiger partial charge is 0.318 e. The number of hydrogen-bond acceptors (Lipinski definition) is 3. The maximum atomic E-state index is 13.7. The second kappa shape index (κ2) is 9.91. The summed E-state index contributed by atoms with van der Waals surface area (Å²) in [5.41, 5.74) is 4.39. The number of nitrogens with one attached hydrogen (secondary N) is 1. The van der Waals surface area contributed by atoms with Crippen LogP contribution < -0.4 is 10.9 Å². The number of rotatable bonds is 6. The van der Waals surface area contributed by atoms with Gasteiger partial charge in [-0.1, -0.05) is 67.1 Å². The molecule has 2 amide bonds. The van der Waals surface area contributed by atoms with Crippen LogP contribution >= 0.6 is 0 Å². The maximum Gasteiger partial charge on any atom is 0.318 e. The lowest BCUT2D eigenvalue weighted by atomic mass is 10.1. The van der Waals surface area contributed by atoms with Gasteiger partial charge in [0.1, 0.15) is 5.82 Å². The van der Waals surface area contributed by atoms with E-state index in [1.54, 1.807) is 22.6 Å². The van der Waals surface area contributed by atoms with Crippen LogP contribution in [0.2, 0.25) is 0 Å². The van der Waals surface area contributed by atoms with Gasteiger partial charge in [-0.3, -0.25) is 9.36 Å². The van der Waals surface area contributed by atoms with Crippen LogP contribution in [-0.4, -0.2) is 27.5 Å². The molecule has 1 heterocycles. The SMILES string of the molecule is CCC(c1nc2ccccc2c(=O)n1-c1ccc(C)cc1C)N(C)C(=O)NCc1ccccc1. The molecule has 0 aliphatic rings. The third kappa shape index (κ3) is 4.57. The summed E-state index contributed by atoms with van der Waals surface area (Å²) in [6.07, 6.45) is 0.602.